The molecule has 4 N–H and O–H groups in total. The van der Waals surface area contributed by atoms with Crippen LogP contribution in [0.3, 0.4) is 0 Å². The molecule has 0 saturated carbocycles. The minimum absolute atomic E-state index is 0.0738. The molecule has 2 fully saturated rings. The van der Waals surface area contributed by atoms with Crippen LogP contribution in [-0.4, -0.2) is 73.3 Å². The van der Waals surface area contributed by atoms with Crippen molar-refractivity contribution in [2.75, 3.05) is 42.9 Å². The molecule has 1 unspecified atom stereocenters. The third kappa shape index (κ3) is 6.66. The van der Waals surface area contributed by atoms with E-state index in [9.17, 15) is 24.0 Å². The zero-order valence-corrected chi connectivity index (χ0v) is 22.8. The molecule has 212 valence electrons. The molecule has 0 spiro atoms. The Morgan fingerprint density at radius 3 is 2.30 bits per heavy atom. The number of nitrogens with one attached hydrogen (secondary N) is 2. The maximum atomic E-state index is 12.7. The topological polar surface area (TPSA) is 151 Å². The lowest BCUT2D eigenvalue weighted by molar-refractivity contribution is -0.138. The highest BCUT2D eigenvalue weighted by molar-refractivity contribution is 5.99. The summed E-state index contributed by atoms with van der Waals surface area (Å²) < 4.78 is 5.37. The first-order valence-corrected chi connectivity index (χ1v) is 13.4. The summed E-state index contributed by atoms with van der Waals surface area (Å²) in [5, 5.41) is 5.37. The number of hydrogen-bond donors (Lipinski definition) is 3. The molecule has 0 radical (unpaired) electrons. The van der Waals surface area contributed by atoms with Crippen molar-refractivity contribution < 1.29 is 28.7 Å². The number of cyclic esters (lactones) is 1. The van der Waals surface area contributed by atoms with E-state index in [2.05, 4.69) is 17.6 Å². The van der Waals surface area contributed by atoms with E-state index in [4.69, 9.17) is 10.5 Å². The van der Waals surface area contributed by atoms with Crippen LogP contribution < -0.4 is 21.3 Å². The van der Waals surface area contributed by atoms with Gasteiger partial charge in [-0.3, -0.25) is 24.1 Å². The molecule has 2 saturated heterocycles. The number of amides is 4. The van der Waals surface area contributed by atoms with Crippen molar-refractivity contribution in [2.24, 2.45) is 5.73 Å². The van der Waals surface area contributed by atoms with Gasteiger partial charge in [-0.15, -0.1) is 0 Å². The third-order valence-electron chi connectivity index (χ3n) is 7.27. The predicted octanol–water partition coefficient (Wildman–Crippen LogP) is 2.20. The summed E-state index contributed by atoms with van der Waals surface area (Å²) in [6.07, 6.45) is -0.249. The maximum absolute atomic E-state index is 12.7. The zero-order valence-electron chi connectivity index (χ0n) is 22.8. The van der Waals surface area contributed by atoms with Gasteiger partial charge in [-0.05, 0) is 42.0 Å². The van der Waals surface area contributed by atoms with E-state index in [0.29, 0.717) is 43.0 Å². The molecular weight excluding hydrogens is 514 g/mol. The van der Waals surface area contributed by atoms with Crippen molar-refractivity contribution >= 4 is 41.0 Å². The van der Waals surface area contributed by atoms with Crippen LogP contribution in [-0.2, 0) is 24.5 Å². The molecular formula is C29H35N5O6. The average Bonchev–Trinajstić information content (AvgIpc) is 3.33. The number of likely N-dealkylation sites (tertiary alicyclic amines) is 1. The fourth-order valence-electron chi connectivity index (χ4n) is 4.86. The van der Waals surface area contributed by atoms with E-state index in [1.165, 1.54) is 0 Å². The molecule has 11 heteroatoms. The fourth-order valence-corrected chi connectivity index (χ4v) is 4.86. The van der Waals surface area contributed by atoms with E-state index in [1.807, 2.05) is 24.3 Å². The van der Waals surface area contributed by atoms with E-state index in [0.717, 1.165) is 5.56 Å². The van der Waals surface area contributed by atoms with Crippen LogP contribution in [0.2, 0.25) is 0 Å². The molecule has 4 rings (SSSR count). The van der Waals surface area contributed by atoms with Crippen molar-refractivity contribution in [1.29, 1.82) is 0 Å². The molecule has 0 aliphatic carbocycles. The van der Waals surface area contributed by atoms with Gasteiger partial charge in [-0.2, -0.15) is 0 Å². The second kappa shape index (κ2) is 12.3. The fraction of sp³-hybridized carbons (Fsp3) is 0.414. The van der Waals surface area contributed by atoms with Crippen LogP contribution in [0.1, 0.15) is 49.0 Å². The minimum atomic E-state index is -0.445. The van der Waals surface area contributed by atoms with Crippen LogP contribution in [0.4, 0.5) is 16.2 Å². The van der Waals surface area contributed by atoms with Crippen LogP contribution in [0.5, 0.6) is 0 Å². The summed E-state index contributed by atoms with van der Waals surface area (Å²) >= 11 is 0. The second-order valence-corrected chi connectivity index (χ2v) is 10.4. The van der Waals surface area contributed by atoms with Crippen LogP contribution >= 0.6 is 0 Å². The number of anilines is 2. The molecule has 2 aliphatic heterocycles. The first kappa shape index (κ1) is 28.8. The van der Waals surface area contributed by atoms with Crippen molar-refractivity contribution in [2.45, 2.75) is 44.6 Å². The number of nitrogens with two attached hydrogens (primary N) is 1. The van der Waals surface area contributed by atoms with Crippen molar-refractivity contribution in [3.8, 4) is 0 Å². The Morgan fingerprint density at radius 1 is 1.00 bits per heavy atom. The largest absolute Gasteiger partial charge is 0.442 e. The van der Waals surface area contributed by atoms with Gasteiger partial charge in [0.15, 0.2) is 5.78 Å². The quantitative estimate of drug-likeness (QED) is 0.364. The molecule has 2 aliphatic rings. The highest BCUT2D eigenvalue weighted by Gasteiger charge is 2.42. The number of hydrogen-bond acceptors (Lipinski definition) is 7. The van der Waals surface area contributed by atoms with Gasteiger partial charge in [0, 0.05) is 54.7 Å². The number of benzene rings is 2. The number of ketones is 1. The Bertz CT molecular complexity index is 1270. The highest BCUT2D eigenvalue weighted by atomic mass is 16.6. The smallest absolute Gasteiger partial charge is 0.414 e. The molecule has 0 bridgehead atoms. The van der Waals surface area contributed by atoms with Gasteiger partial charge in [-0.25, -0.2) is 4.79 Å². The van der Waals surface area contributed by atoms with Crippen LogP contribution in [0.25, 0.3) is 0 Å². The van der Waals surface area contributed by atoms with Gasteiger partial charge in [-0.1, -0.05) is 26.0 Å². The van der Waals surface area contributed by atoms with Gasteiger partial charge in [0.25, 0.3) is 0 Å². The zero-order chi connectivity index (χ0) is 28.9. The Hall–Kier alpha value is -4.25. The molecule has 4 amide bonds. The number of rotatable bonds is 11. The molecule has 2 aromatic rings. The van der Waals surface area contributed by atoms with Crippen LogP contribution in [0.15, 0.2) is 48.5 Å². The predicted molar refractivity (Wildman–Crippen MR) is 149 cm³/mol. The number of Topliss-reactive ketones (excluding diaryl/α,β-unsaturated/α-hetero) is 1. The highest BCUT2D eigenvalue weighted by Crippen LogP contribution is 2.36. The molecule has 2 heterocycles. The molecule has 1 atom stereocenters. The van der Waals surface area contributed by atoms with E-state index >= 15 is 0 Å². The summed E-state index contributed by atoms with van der Waals surface area (Å²) in [5.41, 5.74) is 7.86. The Morgan fingerprint density at radius 2 is 1.68 bits per heavy atom. The summed E-state index contributed by atoms with van der Waals surface area (Å²) in [6, 6.07) is 14.2. The number of nitrogens with zero attached hydrogens (tertiary/aromatic N) is 2. The van der Waals surface area contributed by atoms with Crippen molar-refractivity contribution in [1.82, 2.24) is 10.2 Å². The summed E-state index contributed by atoms with van der Waals surface area (Å²) in [7, 11) is 0. The average molecular weight is 550 g/mol. The maximum Gasteiger partial charge on any atom is 0.414 e. The molecule has 11 nitrogen and oxygen atoms in total. The first-order chi connectivity index (χ1) is 19.1. The lowest BCUT2D eigenvalue weighted by atomic mass is 9.75. The first-order valence-electron chi connectivity index (χ1n) is 13.4. The lowest BCUT2D eigenvalue weighted by Gasteiger charge is -2.48. The number of ether oxygens (including phenoxy) is 1. The van der Waals surface area contributed by atoms with E-state index < -0.39 is 12.2 Å². The van der Waals surface area contributed by atoms with Crippen molar-refractivity contribution in [3.63, 3.8) is 0 Å². The van der Waals surface area contributed by atoms with Gasteiger partial charge in [0.1, 0.15) is 6.10 Å². The number of carbonyl (C=O) groups is 5. The summed E-state index contributed by atoms with van der Waals surface area (Å²) in [6.45, 7) is 5.44. The van der Waals surface area contributed by atoms with Gasteiger partial charge >= 0.3 is 6.09 Å². The van der Waals surface area contributed by atoms with Gasteiger partial charge < -0.3 is 26.0 Å². The molecule has 40 heavy (non-hydrogen) atoms. The Labute approximate surface area is 233 Å². The minimum Gasteiger partial charge on any atom is -0.442 e. The SMILES string of the molecule is CCC(=O)NCC1CN(c2ccc(C3(C)CN(C(=O)CCC(=O)c4ccc(NC(=O)CN)cc4)C3)cc2)C(=O)O1. The van der Waals surface area contributed by atoms with Crippen molar-refractivity contribution in [3.05, 3.63) is 59.7 Å². The van der Waals surface area contributed by atoms with E-state index in [-0.39, 0.29) is 54.9 Å². The van der Waals surface area contributed by atoms with Gasteiger partial charge in [0.05, 0.1) is 19.6 Å². The second-order valence-electron chi connectivity index (χ2n) is 10.4. The molecule has 2 aromatic carbocycles. The third-order valence-corrected chi connectivity index (χ3v) is 7.27. The van der Waals surface area contributed by atoms with Crippen LogP contribution in [0, 0.1) is 0 Å². The Kier molecular flexibility index (Phi) is 8.83. The molecule has 0 aromatic heterocycles. The monoisotopic (exact) mass is 549 g/mol. The summed E-state index contributed by atoms with van der Waals surface area (Å²) in [4.78, 5) is 63.8. The standard InChI is InChI=1S/C29H35N5O6/c1-3-25(36)31-15-23-16-34(28(39)40-23)22-10-6-20(7-11-22)29(2)17-33(18-29)27(38)13-12-24(35)19-4-8-21(9-5-19)32-26(37)14-30/h4-11,23H,3,12-18,30H2,1-2H3,(H,31,36)(H,32,37). The summed E-state index contributed by atoms with van der Waals surface area (Å²) in [5.74, 6) is -0.620. The lowest BCUT2D eigenvalue weighted by Crippen LogP contribution is -2.59. The van der Waals surface area contributed by atoms with Gasteiger partial charge in [0.2, 0.25) is 17.7 Å². The Balaban J connectivity index is 1.24. The normalized spacial score (nSPS) is 17.6. The van der Waals surface area contributed by atoms with E-state index in [1.54, 1.807) is 41.0 Å². The number of carbonyl (C=O) groups excluding carboxylic acids is 5.